The van der Waals surface area contributed by atoms with Crippen molar-refractivity contribution in [2.45, 2.75) is 17.4 Å². The van der Waals surface area contributed by atoms with Crippen LogP contribution in [0.1, 0.15) is 5.56 Å². The molecular formula is C11H13N3O2S. The fourth-order valence-corrected chi connectivity index (χ4v) is 2.77. The van der Waals surface area contributed by atoms with E-state index in [-0.39, 0.29) is 10.9 Å². The van der Waals surface area contributed by atoms with Crippen LogP contribution in [0.25, 0.3) is 0 Å². The van der Waals surface area contributed by atoms with Gasteiger partial charge in [0.15, 0.2) is 0 Å². The van der Waals surface area contributed by atoms with Crippen molar-refractivity contribution in [3.05, 3.63) is 29.8 Å². The summed E-state index contributed by atoms with van der Waals surface area (Å²) < 4.78 is 26.4. The fraction of sp³-hybridized carbons (Fsp3) is 0.364. The molecule has 5 nitrogen and oxygen atoms in total. The lowest BCUT2D eigenvalue weighted by Gasteiger charge is -2.27. The van der Waals surface area contributed by atoms with Crippen molar-refractivity contribution >= 4 is 10.0 Å². The molecular weight excluding hydrogens is 238 g/mol. The molecule has 0 radical (unpaired) electrons. The van der Waals surface area contributed by atoms with Crippen LogP contribution in [0, 0.1) is 11.3 Å². The average molecular weight is 251 g/mol. The molecule has 1 heterocycles. The van der Waals surface area contributed by atoms with E-state index in [1.165, 1.54) is 12.1 Å². The van der Waals surface area contributed by atoms with E-state index in [0.717, 1.165) is 5.56 Å². The van der Waals surface area contributed by atoms with E-state index >= 15 is 0 Å². The summed E-state index contributed by atoms with van der Waals surface area (Å²) in [6.45, 7) is 1.34. The number of nitriles is 1. The smallest absolute Gasteiger partial charge is 0.240 e. The number of rotatable bonds is 4. The molecule has 1 saturated heterocycles. The molecule has 0 aromatic heterocycles. The van der Waals surface area contributed by atoms with Crippen molar-refractivity contribution in [2.24, 2.45) is 0 Å². The van der Waals surface area contributed by atoms with Crippen LogP contribution in [0.3, 0.4) is 0 Å². The number of hydrogen-bond acceptors (Lipinski definition) is 4. The minimum Gasteiger partial charge on any atom is -0.313 e. The van der Waals surface area contributed by atoms with Gasteiger partial charge in [-0.3, -0.25) is 0 Å². The molecule has 1 fully saturated rings. The van der Waals surface area contributed by atoms with E-state index in [0.29, 0.717) is 19.5 Å². The van der Waals surface area contributed by atoms with Crippen LogP contribution in [0.15, 0.2) is 29.2 Å². The zero-order valence-electron chi connectivity index (χ0n) is 9.18. The Balaban J connectivity index is 2.12. The Morgan fingerprint density at radius 2 is 2.00 bits per heavy atom. The number of nitrogens with zero attached hydrogens (tertiary/aromatic N) is 1. The first-order valence-corrected chi connectivity index (χ1v) is 6.79. The predicted molar refractivity (Wildman–Crippen MR) is 62.7 cm³/mol. The summed E-state index contributed by atoms with van der Waals surface area (Å²) in [6.07, 6.45) is 0.292. The Morgan fingerprint density at radius 3 is 2.47 bits per heavy atom. The largest absolute Gasteiger partial charge is 0.313 e. The van der Waals surface area contributed by atoms with Gasteiger partial charge in [-0.05, 0) is 17.7 Å². The van der Waals surface area contributed by atoms with Crippen molar-refractivity contribution in [3.8, 4) is 6.07 Å². The van der Waals surface area contributed by atoms with E-state index in [1.807, 2.05) is 6.07 Å². The highest BCUT2D eigenvalue weighted by Gasteiger charge is 2.24. The van der Waals surface area contributed by atoms with Gasteiger partial charge in [-0.15, -0.1) is 0 Å². The second-order valence-corrected chi connectivity index (χ2v) is 5.67. The molecule has 0 aliphatic carbocycles. The normalized spacial score (nSPS) is 16.2. The number of hydrogen-bond donors (Lipinski definition) is 2. The van der Waals surface area contributed by atoms with Crippen molar-refractivity contribution in [1.82, 2.24) is 10.0 Å². The Morgan fingerprint density at radius 1 is 1.35 bits per heavy atom. The highest BCUT2D eigenvalue weighted by molar-refractivity contribution is 7.89. The third-order valence-corrected chi connectivity index (χ3v) is 4.16. The molecule has 1 aliphatic rings. The Kier molecular flexibility index (Phi) is 3.43. The van der Waals surface area contributed by atoms with Gasteiger partial charge in [0.1, 0.15) is 0 Å². The number of nitrogens with one attached hydrogen (secondary N) is 2. The summed E-state index contributed by atoms with van der Waals surface area (Å²) in [4.78, 5) is 0.242. The summed E-state index contributed by atoms with van der Waals surface area (Å²) >= 11 is 0. The molecule has 0 amide bonds. The molecule has 0 atom stereocenters. The second-order valence-electron chi connectivity index (χ2n) is 3.96. The van der Waals surface area contributed by atoms with Crippen LogP contribution in [0.5, 0.6) is 0 Å². The molecule has 17 heavy (non-hydrogen) atoms. The fourth-order valence-electron chi connectivity index (χ4n) is 1.54. The molecule has 1 aromatic carbocycles. The highest BCUT2D eigenvalue weighted by Crippen LogP contribution is 2.12. The summed E-state index contributed by atoms with van der Waals surface area (Å²) in [7, 11) is -3.42. The minimum absolute atomic E-state index is 0.0150. The molecule has 0 spiro atoms. The van der Waals surface area contributed by atoms with Crippen molar-refractivity contribution in [2.75, 3.05) is 13.1 Å². The van der Waals surface area contributed by atoms with Crippen LogP contribution >= 0.6 is 0 Å². The Hall–Kier alpha value is -1.42. The lowest BCUT2D eigenvalue weighted by Crippen LogP contribution is -2.56. The lowest BCUT2D eigenvalue weighted by atomic mass is 10.2. The van der Waals surface area contributed by atoms with Gasteiger partial charge < -0.3 is 5.32 Å². The standard InChI is InChI=1S/C11H13N3O2S/c12-6-5-9-1-3-11(4-2-9)17(15,16)14-10-7-13-8-10/h1-4,10,13-14H,5,7-8H2. The molecule has 1 aliphatic heterocycles. The van der Waals surface area contributed by atoms with Gasteiger partial charge >= 0.3 is 0 Å². The average Bonchev–Trinajstić information content (AvgIpc) is 2.25. The van der Waals surface area contributed by atoms with Crippen LogP contribution in [0.4, 0.5) is 0 Å². The van der Waals surface area contributed by atoms with Crippen LogP contribution in [-0.4, -0.2) is 27.5 Å². The summed E-state index contributed by atoms with van der Waals surface area (Å²) in [5.41, 5.74) is 0.816. The lowest BCUT2D eigenvalue weighted by molar-refractivity contribution is 0.410. The van der Waals surface area contributed by atoms with Gasteiger partial charge in [-0.25, -0.2) is 13.1 Å². The van der Waals surface area contributed by atoms with Gasteiger partial charge in [0.25, 0.3) is 0 Å². The first-order chi connectivity index (χ1) is 8.12. The third-order valence-electron chi connectivity index (χ3n) is 2.62. The van der Waals surface area contributed by atoms with E-state index in [4.69, 9.17) is 5.26 Å². The van der Waals surface area contributed by atoms with Crippen molar-refractivity contribution in [3.63, 3.8) is 0 Å². The zero-order chi connectivity index (χ0) is 12.3. The minimum atomic E-state index is -3.42. The molecule has 0 unspecified atom stereocenters. The van der Waals surface area contributed by atoms with Gasteiger partial charge in [-0.1, -0.05) is 12.1 Å². The SMILES string of the molecule is N#CCc1ccc(S(=O)(=O)NC2CNC2)cc1. The van der Waals surface area contributed by atoms with Crippen LogP contribution in [0.2, 0.25) is 0 Å². The van der Waals surface area contributed by atoms with Crippen molar-refractivity contribution in [1.29, 1.82) is 5.26 Å². The molecule has 1 aromatic rings. The second kappa shape index (κ2) is 4.84. The van der Waals surface area contributed by atoms with E-state index in [1.54, 1.807) is 12.1 Å². The highest BCUT2D eigenvalue weighted by atomic mass is 32.2. The zero-order valence-corrected chi connectivity index (χ0v) is 10.00. The predicted octanol–water partition coefficient (Wildman–Crippen LogP) is 0.00278. The summed E-state index contributed by atoms with van der Waals surface area (Å²) in [6, 6.07) is 8.39. The Labute approximate surface area is 101 Å². The van der Waals surface area contributed by atoms with E-state index < -0.39 is 10.0 Å². The van der Waals surface area contributed by atoms with Crippen LogP contribution < -0.4 is 10.0 Å². The molecule has 6 heteroatoms. The summed E-state index contributed by atoms with van der Waals surface area (Å²) in [5.74, 6) is 0. The summed E-state index contributed by atoms with van der Waals surface area (Å²) in [5, 5.41) is 11.5. The van der Waals surface area contributed by atoms with Gasteiger partial charge in [0, 0.05) is 19.1 Å². The maximum atomic E-state index is 11.9. The molecule has 0 bridgehead atoms. The Bertz CT molecular complexity index is 527. The quantitative estimate of drug-likeness (QED) is 0.789. The third kappa shape index (κ3) is 2.82. The van der Waals surface area contributed by atoms with Crippen LogP contribution in [-0.2, 0) is 16.4 Å². The first-order valence-electron chi connectivity index (χ1n) is 5.31. The first kappa shape index (κ1) is 12.0. The van der Waals surface area contributed by atoms with Gasteiger partial charge in [-0.2, -0.15) is 5.26 Å². The van der Waals surface area contributed by atoms with Gasteiger partial charge in [0.05, 0.1) is 17.4 Å². The van der Waals surface area contributed by atoms with E-state index in [9.17, 15) is 8.42 Å². The number of sulfonamides is 1. The topological polar surface area (TPSA) is 82.0 Å². The molecule has 90 valence electrons. The maximum absolute atomic E-state index is 11.9. The molecule has 0 saturated carbocycles. The van der Waals surface area contributed by atoms with Gasteiger partial charge in [0.2, 0.25) is 10.0 Å². The van der Waals surface area contributed by atoms with E-state index in [2.05, 4.69) is 10.0 Å². The molecule has 2 rings (SSSR count). The maximum Gasteiger partial charge on any atom is 0.240 e. The number of benzene rings is 1. The monoisotopic (exact) mass is 251 g/mol. The molecule has 2 N–H and O–H groups in total. The van der Waals surface area contributed by atoms with Crippen molar-refractivity contribution < 1.29 is 8.42 Å².